The number of fused-ring (bicyclic) bond motifs is 1. The first-order valence-electron chi connectivity index (χ1n) is 5.54. The summed E-state index contributed by atoms with van der Waals surface area (Å²) in [5.74, 6) is 0.242. The van der Waals surface area contributed by atoms with Gasteiger partial charge in [0.15, 0.2) is 5.78 Å². The minimum Gasteiger partial charge on any atom is -0.302 e. The summed E-state index contributed by atoms with van der Waals surface area (Å²) >= 11 is 0. The van der Waals surface area contributed by atoms with Crippen molar-refractivity contribution in [2.75, 3.05) is 13.6 Å². The maximum Gasteiger partial charge on any atom is 0.162 e. The van der Waals surface area contributed by atoms with Gasteiger partial charge in [0.25, 0.3) is 0 Å². The molecule has 1 aromatic carbocycles. The molecule has 0 saturated carbocycles. The van der Waals surface area contributed by atoms with Gasteiger partial charge in [0.05, 0.1) is 0 Å². The lowest BCUT2D eigenvalue weighted by molar-refractivity contribution is 0.0988. The summed E-state index contributed by atoms with van der Waals surface area (Å²) in [4.78, 5) is 13.9. The molecular formula is C13H17NO. The Labute approximate surface area is 90.9 Å². The van der Waals surface area contributed by atoms with Gasteiger partial charge in [0.2, 0.25) is 0 Å². The second kappa shape index (κ2) is 4.15. The number of ketones is 1. The maximum atomic E-state index is 11.6. The minimum atomic E-state index is 0.242. The van der Waals surface area contributed by atoms with Crippen molar-refractivity contribution in [3.05, 3.63) is 34.9 Å². The summed E-state index contributed by atoms with van der Waals surface area (Å²) in [6.45, 7) is 4.00. The van der Waals surface area contributed by atoms with E-state index in [1.54, 1.807) is 0 Å². The van der Waals surface area contributed by atoms with Crippen LogP contribution in [0.3, 0.4) is 0 Å². The quantitative estimate of drug-likeness (QED) is 0.687. The highest BCUT2D eigenvalue weighted by Gasteiger charge is 2.14. The first-order valence-corrected chi connectivity index (χ1v) is 5.54. The average molecular weight is 203 g/mol. The third kappa shape index (κ3) is 2.10. The van der Waals surface area contributed by atoms with E-state index in [0.29, 0.717) is 6.42 Å². The summed E-state index contributed by atoms with van der Waals surface area (Å²) in [5, 5.41) is 0. The fraction of sp³-hybridized carbons (Fsp3) is 0.462. The average Bonchev–Trinajstić information content (AvgIpc) is 2.27. The zero-order chi connectivity index (χ0) is 10.8. The molecule has 2 rings (SSSR count). The summed E-state index contributed by atoms with van der Waals surface area (Å²) in [6.07, 6.45) is 1.70. The molecule has 1 heterocycles. The molecule has 1 aliphatic rings. The second-order valence-electron chi connectivity index (χ2n) is 4.25. The Hall–Kier alpha value is -1.15. The molecule has 2 nitrogen and oxygen atoms in total. The van der Waals surface area contributed by atoms with Gasteiger partial charge in [0, 0.05) is 25.1 Å². The first-order chi connectivity index (χ1) is 7.20. The van der Waals surface area contributed by atoms with E-state index >= 15 is 0 Å². The van der Waals surface area contributed by atoms with Gasteiger partial charge in [0.1, 0.15) is 0 Å². The van der Waals surface area contributed by atoms with Crippen LogP contribution in [0, 0.1) is 0 Å². The van der Waals surface area contributed by atoms with Crippen molar-refractivity contribution in [1.82, 2.24) is 4.90 Å². The highest BCUT2D eigenvalue weighted by molar-refractivity contribution is 5.96. The number of carbonyl (C=O) groups is 1. The maximum absolute atomic E-state index is 11.6. The SMILES string of the molecule is CCC(=O)c1ccc2c(c1)CN(C)CC2. The normalized spacial score (nSPS) is 16.1. The number of likely N-dealkylation sites (N-methyl/N-ethyl adjacent to an activating group) is 1. The monoisotopic (exact) mass is 203 g/mol. The van der Waals surface area contributed by atoms with Crippen molar-refractivity contribution in [3.8, 4) is 0 Å². The minimum absolute atomic E-state index is 0.242. The van der Waals surface area contributed by atoms with Crippen molar-refractivity contribution in [1.29, 1.82) is 0 Å². The summed E-state index contributed by atoms with van der Waals surface area (Å²) in [6, 6.07) is 6.15. The predicted molar refractivity (Wildman–Crippen MR) is 61.1 cm³/mol. The fourth-order valence-electron chi connectivity index (χ4n) is 2.08. The Morgan fingerprint density at radius 1 is 1.40 bits per heavy atom. The number of hydrogen-bond acceptors (Lipinski definition) is 2. The first kappa shape index (κ1) is 10.4. The van der Waals surface area contributed by atoms with Crippen molar-refractivity contribution in [3.63, 3.8) is 0 Å². The van der Waals surface area contributed by atoms with Crippen LogP contribution in [0.5, 0.6) is 0 Å². The van der Waals surface area contributed by atoms with E-state index in [1.165, 1.54) is 11.1 Å². The third-order valence-electron chi connectivity index (χ3n) is 3.05. The fourth-order valence-corrected chi connectivity index (χ4v) is 2.08. The van der Waals surface area contributed by atoms with Crippen LogP contribution in [0.2, 0.25) is 0 Å². The van der Waals surface area contributed by atoms with E-state index in [1.807, 2.05) is 13.0 Å². The van der Waals surface area contributed by atoms with Crippen LogP contribution in [0.4, 0.5) is 0 Å². The molecule has 2 heteroatoms. The van der Waals surface area contributed by atoms with Crippen LogP contribution in [-0.2, 0) is 13.0 Å². The standard InChI is InChI=1S/C13H17NO/c1-3-13(15)11-5-4-10-6-7-14(2)9-12(10)8-11/h4-5,8H,3,6-7,9H2,1-2H3. The lowest BCUT2D eigenvalue weighted by Gasteiger charge is -2.25. The molecule has 0 saturated heterocycles. The molecule has 0 unspecified atom stereocenters. The summed E-state index contributed by atoms with van der Waals surface area (Å²) in [7, 11) is 2.12. The number of carbonyl (C=O) groups excluding carboxylic acids is 1. The number of rotatable bonds is 2. The van der Waals surface area contributed by atoms with E-state index in [2.05, 4.69) is 24.1 Å². The van der Waals surface area contributed by atoms with Crippen molar-refractivity contribution < 1.29 is 4.79 Å². The molecule has 80 valence electrons. The molecule has 0 spiro atoms. The molecule has 0 amide bonds. The Balaban J connectivity index is 2.32. The molecule has 0 N–H and O–H groups in total. The van der Waals surface area contributed by atoms with Gasteiger partial charge >= 0.3 is 0 Å². The number of benzene rings is 1. The molecule has 0 radical (unpaired) electrons. The van der Waals surface area contributed by atoms with Crippen LogP contribution in [-0.4, -0.2) is 24.3 Å². The van der Waals surface area contributed by atoms with E-state index in [0.717, 1.165) is 25.1 Å². The Kier molecular flexibility index (Phi) is 2.87. The molecular weight excluding hydrogens is 186 g/mol. The van der Waals surface area contributed by atoms with Crippen LogP contribution < -0.4 is 0 Å². The Bertz CT molecular complexity index is 384. The van der Waals surface area contributed by atoms with Crippen LogP contribution in [0.1, 0.15) is 34.8 Å². The predicted octanol–water partition coefficient (Wildman–Crippen LogP) is 2.27. The Morgan fingerprint density at radius 2 is 2.20 bits per heavy atom. The zero-order valence-corrected chi connectivity index (χ0v) is 9.42. The molecule has 0 atom stereocenters. The van der Waals surface area contributed by atoms with E-state index in [9.17, 15) is 4.79 Å². The number of Topliss-reactive ketones (excluding diaryl/α,β-unsaturated/α-hetero) is 1. The Morgan fingerprint density at radius 3 is 2.93 bits per heavy atom. The number of hydrogen-bond donors (Lipinski definition) is 0. The van der Waals surface area contributed by atoms with Gasteiger partial charge < -0.3 is 4.90 Å². The highest BCUT2D eigenvalue weighted by Crippen LogP contribution is 2.20. The highest BCUT2D eigenvalue weighted by atomic mass is 16.1. The van der Waals surface area contributed by atoms with Gasteiger partial charge in [-0.25, -0.2) is 0 Å². The van der Waals surface area contributed by atoms with E-state index in [4.69, 9.17) is 0 Å². The zero-order valence-electron chi connectivity index (χ0n) is 9.42. The van der Waals surface area contributed by atoms with Crippen molar-refractivity contribution >= 4 is 5.78 Å². The molecule has 0 aliphatic carbocycles. The molecule has 0 bridgehead atoms. The summed E-state index contributed by atoms with van der Waals surface area (Å²) < 4.78 is 0. The summed E-state index contributed by atoms with van der Waals surface area (Å²) in [5.41, 5.74) is 3.59. The van der Waals surface area contributed by atoms with Gasteiger partial charge in [-0.2, -0.15) is 0 Å². The largest absolute Gasteiger partial charge is 0.302 e. The van der Waals surface area contributed by atoms with Gasteiger partial charge in [-0.3, -0.25) is 4.79 Å². The van der Waals surface area contributed by atoms with Crippen molar-refractivity contribution in [2.24, 2.45) is 0 Å². The lowest BCUT2D eigenvalue weighted by atomic mass is 9.96. The smallest absolute Gasteiger partial charge is 0.162 e. The van der Waals surface area contributed by atoms with Gasteiger partial charge in [-0.15, -0.1) is 0 Å². The second-order valence-corrected chi connectivity index (χ2v) is 4.25. The van der Waals surface area contributed by atoms with Gasteiger partial charge in [-0.1, -0.05) is 19.1 Å². The van der Waals surface area contributed by atoms with Crippen molar-refractivity contribution in [2.45, 2.75) is 26.3 Å². The topological polar surface area (TPSA) is 20.3 Å². The van der Waals surface area contributed by atoms with E-state index < -0.39 is 0 Å². The molecule has 0 aromatic heterocycles. The lowest BCUT2D eigenvalue weighted by Crippen LogP contribution is -2.26. The molecule has 1 aromatic rings. The van der Waals surface area contributed by atoms with E-state index in [-0.39, 0.29) is 5.78 Å². The van der Waals surface area contributed by atoms with Crippen LogP contribution in [0.25, 0.3) is 0 Å². The van der Waals surface area contributed by atoms with Gasteiger partial charge in [-0.05, 0) is 30.7 Å². The number of nitrogens with zero attached hydrogens (tertiary/aromatic N) is 1. The third-order valence-corrected chi connectivity index (χ3v) is 3.05. The van der Waals surface area contributed by atoms with Crippen LogP contribution in [0.15, 0.2) is 18.2 Å². The molecule has 1 aliphatic heterocycles. The molecule has 15 heavy (non-hydrogen) atoms. The van der Waals surface area contributed by atoms with Crippen LogP contribution >= 0.6 is 0 Å². The molecule has 0 fully saturated rings.